The minimum Gasteiger partial charge on any atom is -0.451 e. The SMILES string of the molecule is Cc1cc(Cl)ccc1NC(=O)c1cc2c(ccc3ccccc32)o1. The van der Waals surface area contributed by atoms with Crippen molar-refractivity contribution in [2.45, 2.75) is 6.92 Å². The Morgan fingerprint density at radius 3 is 2.67 bits per heavy atom. The summed E-state index contributed by atoms with van der Waals surface area (Å²) in [6.45, 7) is 1.90. The molecule has 24 heavy (non-hydrogen) atoms. The van der Waals surface area contributed by atoms with Gasteiger partial charge in [0.15, 0.2) is 5.76 Å². The quantitative estimate of drug-likeness (QED) is 0.503. The first-order valence-corrected chi connectivity index (χ1v) is 7.98. The third kappa shape index (κ3) is 2.53. The normalized spacial score (nSPS) is 11.1. The van der Waals surface area contributed by atoms with Crippen LogP contribution in [0.1, 0.15) is 16.1 Å². The van der Waals surface area contributed by atoms with Crippen LogP contribution < -0.4 is 5.32 Å². The largest absolute Gasteiger partial charge is 0.451 e. The van der Waals surface area contributed by atoms with Crippen LogP contribution in [0.3, 0.4) is 0 Å². The first-order chi connectivity index (χ1) is 11.6. The van der Waals surface area contributed by atoms with E-state index in [9.17, 15) is 4.79 Å². The highest BCUT2D eigenvalue weighted by Crippen LogP contribution is 2.29. The van der Waals surface area contributed by atoms with Gasteiger partial charge in [0, 0.05) is 16.1 Å². The zero-order chi connectivity index (χ0) is 16.7. The summed E-state index contributed by atoms with van der Waals surface area (Å²) in [5, 5.41) is 6.63. The molecule has 0 bridgehead atoms. The zero-order valence-electron chi connectivity index (χ0n) is 13.0. The van der Waals surface area contributed by atoms with E-state index < -0.39 is 0 Å². The number of carbonyl (C=O) groups is 1. The molecule has 4 heteroatoms. The van der Waals surface area contributed by atoms with Crippen LogP contribution in [0.5, 0.6) is 0 Å². The lowest BCUT2D eigenvalue weighted by Gasteiger charge is -2.06. The number of carbonyl (C=O) groups excluding carboxylic acids is 1. The van der Waals surface area contributed by atoms with Crippen molar-refractivity contribution in [3.05, 3.63) is 77.0 Å². The number of rotatable bonds is 2. The lowest BCUT2D eigenvalue weighted by molar-refractivity contribution is 0.0998. The molecule has 4 rings (SSSR count). The Morgan fingerprint density at radius 1 is 1.00 bits per heavy atom. The van der Waals surface area contributed by atoms with Crippen molar-refractivity contribution in [3.8, 4) is 0 Å². The molecule has 0 saturated heterocycles. The highest BCUT2D eigenvalue weighted by atomic mass is 35.5. The topological polar surface area (TPSA) is 42.2 Å². The number of furan rings is 1. The molecule has 0 radical (unpaired) electrons. The maximum atomic E-state index is 12.5. The molecule has 0 aliphatic rings. The maximum Gasteiger partial charge on any atom is 0.291 e. The van der Waals surface area contributed by atoms with Crippen LogP contribution in [0.4, 0.5) is 5.69 Å². The van der Waals surface area contributed by atoms with Gasteiger partial charge < -0.3 is 9.73 Å². The average Bonchev–Trinajstić information content (AvgIpc) is 3.02. The molecule has 4 aromatic rings. The van der Waals surface area contributed by atoms with E-state index in [0.717, 1.165) is 27.4 Å². The number of fused-ring (bicyclic) bond motifs is 3. The standard InChI is InChI=1S/C20H14ClNO2/c1-12-10-14(21)7-8-17(12)22-20(23)19-11-16-15-5-3-2-4-13(15)6-9-18(16)24-19/h2-11H,1H3,(H,22,23). The zero-order valence-corrected chi connectivity index (χ0v) is 13.7. The van der Waals surface area contributed by atoms with Crippen LogP contribution in [-0.2, 0) is 0 Å². The smallest absolute Gasteiger partial charge is 0.291 e. The second-order valence-corrected chi connectivity index (χ2v) is 6.16. The van der Waals surface area contributed by atoms with Crippen molar-refractivity contribution in [1.29, 1.82) is 0 Å². The van der Waals surface area contributed by atoms with Gasteiger partial charge in [0.25, 0.3) is 5.91 Å². The lowest BCUT2D eigenvalue weighted by atomic mass is 10.1. The van der Waals surface area contributed by atoms with E-state index in [1.54, 1.807) is 18.2 Å². The van der Waals surface area contributed by atoms with Gasteiger partial charge in [-0.3, -0.25) is 4.79 Å². The summed E-state index contributed by atoms with van der Waals surface area (Å²) in [6, 6.07) is 19.0. The molecule has 3 aromatic carbocycles. The number of benzene rings is 3. The number of halogens is 1. The third-order valence-corrected chi connectivity index (χ3v) is 4.32. The van der Waals surface area contributed by atoms with Gasteiger partial charge in [-0.25, -0.2) is 0 Å². The van der Waals surface area contributed by atoms with E-state index in [0.29, 0.717) is 10.6 Å². The van der Waals surface area contributed by atoms with Gasteiger partial charge in [0.1, 0.15) is 5.58 Å². The van der Waals surface area contributed by atoms with Gasteiger partial charge in [-0.15, -0.1) is 0 Å². The van der Waals surface area contributed by atoms with Crippen LogP contribution in [-0.4, -0.2) is 5.91 Å². The minimum absolute atomic E-state index is 0.277. The maximum absolute atomic E-state index is 12.5. The second kappa shape index (κ2) is 5.69. The second-order valence-electron chi connectivity index (χ2n) is 5.72. The van der Waals surface area contributed by atoms with E-state index in [2.05, 4.69) is 5.32 Å². The van der Waals surface area contributed by atoms with Crippen LogP contribution in [0.15, 0.2) is 65.1 Å². The van der Waals surface area contributed by atoms with Crippen molar-refractivity contribution < 1.29 is 9.21 Å². The van der Waals surface area contributed by atoms with E-state index >= 15 is 0 Å². The highest BCUT2D eigenvalue weighted by molar-refractivity contribution is 6.30. The van der Waals surface area contributed by atoms with E-state index in [4.69, 9.17) is 16.0 Å². The van der Waals surface area contributed by atoms with Gasteiger partial charge in [-0.2, -0.15) is 0 Å². The summed E-state index contributed by atoms with van der Waals surface area (Å²) in [6.07, 6.45) is 0. The van der Waals surface area contributed by atoms with Crippen LogP contribution in [0, 0.1) is 6.92 Å². The Balaban J connectivity index is 1.73. The van der Waals surface area contributed by atoms with Crippen LogP contribution >= 0.6 is 11.6 Å². The van der Waals surface area contributed by atoms with Gasteiger partial charge in [0.05, 0.1) is 0 Å². The average molecular weight is 336 g/mol. The summed E-state index contributed by atoms with van der Waals surface area (Å²) >= 11 is 5.95. The Kier molecular flexibility index (Phi) is 3.51. The predicted molar refractivity (Wildman–Crippen MR) is 97.9 cm³/mol. The van der Waals surface area contributed by atoms with Crippen LogP contribution in [0.2, 0.25) is 5.02 Å². The van der Waals surface area contributed by atoms with Crippen molar-refractivity contribution in [2.24, 2.45) is 0 Å². The Hall–Kier alpha value is -2.78. The minimum atomic E-state index is -0.277. The summed E-state index contributed by atoms with van der Waals surface area (Å²) in [7, 11) is 0. The lowest BCUT2D eigenvalue weighted by Crippen LogP contribution is -2.11. The number of aryl methyl sites for hydroxylation is 1. The van der Waals surface area contributed by atoms with Gasteiger partial charge in [-0.1, -0.05) is 41.9 Å². The molecule has 0 atom stereocenters. The first kappa shape index (κ1) is 14.8. The molecule has 3 nitrogen and oxygen atoms in total. The molecule has 0 aliphatic heterocycles. The molecule has 0 fully saturated rings. The molecule has 1 aromatic heterocycles. The Morgan fingerprint density at radius 2 is 1.83 bits per heavy atom. The van der Waals surface area contributed by atoms with Crippen LogP contribution in [0.25, 0.3) is 21.7 Å². The summed E-state index contributed by atoms with van der Waals surface area (Å²) in [5.74, 6) is 0.0106. The number of nitrogens with one attached hydrogen (secondary N) is 1. The first-order valence-electron chi connectivity index (χ1n) is 7.60. The fourth-order valence-corrected chi connectivity index (χ4v) is 3.08. The van der Waals surface area contributed by atoms with E-state index in [1.807, 2.05) is 49.4 Å². The van der Waals surface area contributed by atoms with Gasteiger partial charge in [0.2, 0.25) is 0 Å². The van der Waals surface area contributed by atoms with E-state index in [1.165, 1.54) is 0 Å². The molecule has 1 N–H and O–H groups in total. The molecule has 1 heterocycles. The monoisotopic (exact) mass is 335 g/mol. The predicted octanol–water partition coefficient (Wildman–Crippen LogP) is 5.80. The number of amides is 1. The molecule has 0 aliphatic carbocycles. The summed E-state index contributed by atoms with van der Waals surface area (Å²) in [5.41, 5.74) is 2.32. The Bertz CT molecular complexity index is 1080. The van der Waals surface area contributed by atoms with Crippen molar-refractivity contribution in [2.75, 3.05) is 5.32 Å². The third-order valence-electron chi connectivity index (χ3n) is 4.09. The van der Waals surface area contributed by atoms with Gasteiger partial charge in [-0.05, 0) is 53.6 Å². The summed E-state index contributed by atoms with van der Waals surface area (Å²) in [4.78, 5) is 12.5. The molecular formula is C20H14ClNO2. The number of hydrogen-bond donors (Lipinski definition) is 1. The molecule has 118 valence electrons. The molecule has 0 spiro atoms. The highest BCUT2D eigenvalue weighted by Gasteiger charge is 2.15. The van der Waals surface area contributed by atoms with Crippen molar-refractivity contribution >= 4 is 44.9 Å². The molecule has 0 unspecified atom stereocenters. The van der Waals surface area contributed by atoms with Gasteiger partial charge >= 0.3 is 0 Å². The van der Waals surface area contributed by atoms with Crippen molar-refractivity contribution in [1.82, 2.24) is 0 Å². The van der Waals surface area contributed by atoms with Crippen molar-refractivity contribution in [3.63, 3.8) is 0 Å². The number of anilines is 1. The fourth-order valence-electron chi connectivity index (χ4n) is 2.86. The van der Waals surface area contributed by atoms with E-state index in [-0.39, 0.29) is 11.7 Å². The molecule has 0 saturated carbocycles. The molecular weight excluding hydrogens is 322 g/mol. The summed E-state index contributed by atoms with van der Waals surface area (Å²) < 4.78 is 5.74. The Labute approximate surface area is 143 Å². The molecule has 1 amide bonds. The number of hydrogen-bond acceptors (Lipinski definition) is 2. The fraction of sp³-hybridized carbons (Fsp3) is 0.0500.